The lowest BCUT2D eigenvalue weighted by atomic mass is 10.1. The fourth-order valence-corrected chi connectivity index (χ4v) is 3.59. The van der Waals surface area contributed by atoms with Gasteiger partial charge in [-0.2, -0.15) is 0 Å². The second-order valence-electron chi connectivity index (χ2n) is 5.01. The van der Waals surface area contributed by atoms with E-state index in [9.17, 15) is 8.42 Å². The quantitative estimate of drug-likeness (QED) is 0.883. The average Bonchev–Trinajstić information content (AvgIpc) is 2.42. The van der Waals surface area contributed by atoms with Crippen molar-refractivity contribution in [1.82, 2.24) is 4.90 Å². The van der Waals surface area contributed by atoms with Crippen LogP contribution in [0.3, 0.4) is 0 Å². The summed E-state index contributed by atoms with van der Waals surface area (Å²) in [5, 5.41) is 5.34. The highest BCUT2D eigenvalue weighted by atomic mass is 35.5. The zero-order valence-electron chi connectivity index (χ0n) is 11.5. The molecule has 118 valence electrons. The molecular formula is C13H18Cl2N2O3S. The van der Waals surface area contributed by atoms with Crippen molar-refractivity contribution in [1.29, 1.82) is 0 Å². The highest BCUT2D eigenvalue weighted by Crippen LogP contribution is 2.35. The van der Waals surface area contributed by atoms with Gasteiger partial charge in [-0.1, -0.05) is 29.6 Å². The largest absolute Gasteiger partial charge is 0.489 e. The Balaban J connectivity index is 2.00. The Morgan fingerprint density at radius 3 is 2.24 bits per heavy atom. The number of primary sulfonamides is 1. The smallest absolute Gasteiger partial charge is 0.238 e. The predicted molar refractivity (Wildman–Crippen MR) is 83.6 cm³/mol. The number of halogens is 2. The predicted octanol–water partition coefficient (Wildman–Crippen LogP) is 2.51. The first-order valence-corrected chi connectivity index (χ1v) is 9.05. The third kappa shape index (κ3) is 4.72. The van der Waals surface area contributed by atoms with Crippen LogP contribution in [0.15, 0.2) is 17.0 Å². The number of hydrogen-bond donors (Lipinski definition) is 1. The summed E-state index contributed by atoms with van der Waals surface area (Å²) in [6.45, 7) is 3.40. The molecule has 5 nitrogen and oxygen atoms in total. The van der Waals surface area contributed by atoms with Crippen molar-refractivity contribution in [3.05, 3.63) is 22.2 Å². The zero-order valence-corrected chi connectivity index (χ0v) is 13.8. The van der Waals surface area contributed by atoms with Crippen LogP contribution in [0.25, 0.3) is 0 Å². The van der Waals surface area contributed by atoms with Gasteiger partial charge in [0.05, 0.1) is 14.9 Å². The number of piperidine rings is 1. The Hall–Kier alpha value is -0.530. The summed E-state index contributed by atoms with van der Waals surface area (Å²) in [6, 6.07) is 2.50. The van der Waals surface area contributed by atoms with Crippen molar-refractivity contribution < 1.29 is 13.2 Å². The summed E-state index contributed by atoms with van der Waals surface area (Å²) in [5.41, 5.74) is 0. The molecular weight excluding hydrogens is 335 g/mol. The van der Waals surface area contributed by atoms with E-state index in [1.54, 1.807) is 0 Å². The summed E-state index contributed by atoms with van der Waals surface area (Å²) in [7, 11) is -3.83. The number of rotatable bonds is 5. The van der Waals surface area contributed by atoms with Gasteiger partial charge in [0.25, 0.3) is 0 Å². The van der Waals surface area contributed by atoms with Gasteiger partial charge in [-0.25, -0.2) is 13.6 Å². The van der Waals surface area contributed by atoms with Crippen LogP contribution in [0, 0.1) is 0 Å². The van der Waals surface area contributed by atoms with Crippen molar-refractivity contribution >= 4 is 33.2 Å². The number of ether oxygens (including phenoxy) is 1. The fourth-order valence-electron chi connectivity index (χ4n) is 2.30. The maximum Gasteiger partial charge on any atom is 0.238 e. The Labute approximate surface area is 135 Å². The summed E-state index contributed by atoms with van der Waals surface area (Å²) >= 11 is 12.0. The molecule has 1 heterocycles. The van der Waals surface area contributed by atoms with E-state index < -0.39 is 10.0 Å². The molecule has 0 aromatic heterocycles. The summed E-state index contributed by atoms with van der Waals surface area (Å²) in [5.74, 6) is 0.294. The molecule has 2 rings (SSSR count). The lowest BCUT2D eigenvalue weighted by molar-refractivity contribution is 0.183. The molecule has 1 fully saturated rings. The Bertz CT molecular complexity index is 578. The van der Waals surface area contributed by atoms with E-state index in [0.29, 0.717) is 12.4 Å². The third-order valence-corrected chi connectivity index (χ3v) is 4.86. The summed E-state index contributed by atoms with van der Waals surface area (Å²) in [4.78, 5) is 2.20. The molecule has 1 aromatic carbocycles. The first-order chi connectivity index (χ1) is 9.88. The molecule has 8 heteroatoms. The van der Waals surface area contributed by atoms with E-state index in [1.165, 1.54) is 31.4 Å². The van der Waals surface area contributed by atoms with E-state index in [1.807, 2.05) is 0 Å². The van der Waals surface area contributed by atoms with Crippen LogP contribution in [0.4, 0.5) is 0 Å². The second kappa shape index (κ2) is 7.15. The number of hydrogen-bond acceptors (Lipinski definition) is 4. The number of likely N-dealkylation sites (tertiary alicyclic amines) is 1. The maximum atomic E-state index is 11.3. The zero-order chi connectivity index (χ0) is 15.5. The molecule has 0 unspecified atom stereocenters. The van der Waals surface area contributed by atoms with Gasteiger partial charge >= 0.3 is 0 Å². The monoisotopic (exact) mass is 352 g/mol. The van der Waals surface area contributed by atoms with Crippen LogP contribution < -0.4 is 9.88 Å². The van der Waals surface area contributed by atoms with E-state index in [0.717, 1.165) is 19.6 Å². The van der Waals surface area contributed by atoms with Gasteiger partial charge < -0.3 is 4.74 Å². The molecule has 0 amide bonds. The SMILES string of the molecule is NS(=O)(=O)c1cc(Cl)c(OCCN2CCCCC2)c(Cl)c1. The van der Waals surface area contributed by atoms with Gasteiger partial charge in [0.2, 0.25) is 10.0 Å². The van der Waals surface area contributed by atoms with Crippen molar-refractivity contribution in [3.8, 4) is 5.75 Å². The normalized spacial score (nSPS) is 16.9. The first kappa shape index (κ1) is 16.8. The third-order valence-electron chi connectivity index (χ3n) is 3.40. The van der Waals surface area contributed by atoms with Crippen LogP contribution in [0.5, 0.6) is 5.75 Å². The number of sulfonamides is 1. The lowest BCUT2D eigenvalue weighted by Gasteiger charge is -2.26. The summed E-state index contributed by atoms with van der Waals surface area (Å²) in [6.07, 6.45) is 3.71. The minimum absolute atomic E-state index is 0.124. The van der Waals surface area contributed by atoms with Crippen LogP contribution in [-0.4, -0.2) is 39.6 Å². The Kier molecular flexibility index (Phi) is 5.73. The standard InChI is InChI=1S/C13H18Cl2N2O3S/c14-11-8-10(21(16,18)19)9-12(15)13(11)20-7-6-17-4-2-1-3-5-17/h8-9H,1-7H2,(H2,16,18,19). The average molecular weight is 353 g/mol. The molecule has 0 radical (unpaired) electrons. The summed E-state index contributed by atoms with van der Waals surface area (Å²) < 4.78 is 28.2. The van der Waals surface area contributed by atoms with E-state index >= 15 is 0 Å². The van der Waals surface area contributed by atoms with E-state index in [2.05, 4.69) is 4.90 Å². The highest BCUT2D eigenvalue weighted by molar-refractivity contribution is 7.89. The van der Waals surface area contributed by atoms with Crippen molar-refractivity contribution in [2.75, 3.05) is 26.2 Å². The van der Waals surface area contributed by atoms with Gasteiger partial charge in [-0.05, 0) is 38.1 Å². The minimum atomic E-state index is -3.83. The molecule has 0 atom stereocenters. The van der Waals surface area contributed by atoms with Crippen LogP contribution in [0.2, 0.25) is 10.0 Å². The lowest BCUT2D eigenvalue weighted by Crippen LogP contribution is -2.33. The number of benzene rings is 1. The molecule has 1 aliphatic rings. The van der Waals surface area contributed by atoms with Gasteiger partial charge in [0.15, 0.2) is 5.75 Å². The maximum absolute atomic E-state index is 11.3. The molecule has 0 spiro atoms. The van der Waals surface area contributed by atoms with E-state index in [-0.39, 0.29) is 14.9 Å². The van der Waals surface area contributed by atoms with Gasteiger partial charge in [-0.15, -0.1) is 0 Å². The topological polar surface area (TPSA) is 72.6 Å². The molecule has 0 aliphatic carbocycles. The van der Waals surface area contributed by atoms with E-state index in [4.69, 9.17) is 33.1 Å². The number of nitrogens with two attached hydrogens (primary N) is 1. The molecule has 21 heavy (non-hydrogen) atoms. The Morgan fingerprint density at radius 2 is 1.71 bits per heavy atom. The highest BCUT2D eigenvalue weighted by Gasteiger charge is 2.16. The minimum Gasteiger partial charge on any atom is -0.489 e. The molecule has 2 N–H and O–H groups in total. The first-order valence-electron chi connectivity index (χ1n) is 6.75. The fraction of sp³-hybridized carbons (Fsp3) is 0.538. The van der Waals surface area contributed by atoms with Crippen molar-refractivity contribution in [2.24, 2.45) is 5.14 Å². The van der Waals surface area contributed by atoms with Gasteiger partial charge in [-0.3, -0.25) is 4.90 Å². The molecule has 1 saturated heterocycles. The molecule has 1 aliphatic heterocycles. The van der Waals surface area contributed by atoms with Crippen molar-refractivity contribution in [2.45, 2.75) is 24.2 Å². The molecule has 0 saturated carbocycles. The van der Waals surface area contributed by atoms with Gasteiger partial charge in [0.1, 0.15) is 6.61 Å². The van der Waals surface area contributed by atoms with Crippen LogP contribution in [0.1, 0.15) is 19.3 Å². The molecule has 1 aromatic rings. The number of nitrogens with zero attached hydrogens (tertiary/aromatic N) is 1. The van der Waals surface area contributed by atoms with Crippen molar-refractivity contribution in [3.63, 3.8) is 0 Å². The van der Waals surface area contributed by atoms with Crippen LogP contribution >= 0.6 is 23.2 Å². The van der Waals surface area contributed by atoms with Gasteiger partial charge in [0, 0.05) is 6.54 Å². The molecule has 0 bridgehead atoms. The Morgan fingerprint density at radius 1 is 1.14 bits per heavy atom. The van der Waals surface area contributed by atoms with Crippen LogP contribution in [-0.2, 0) is 10.0 Å². The second-order valence-corrected chi connectivity index (χ2v) is 7.39.